The molecule has 0 saturated carbocycles. The molecule has 0 fully saturated rings. The molecule has 1 aromatic carbocycles. The summed E-state index contributed by atoms with van der Waals surface area (Å²) in [5, 5.41) is 2.92. The van der Waals surface area contributed by atoms with Crippen molar-refractivity contribution in [3.8, 4) is 0 Å². The molecule has 0 unspecified atom stereocenters. The quantitative estimate of drug-likeness (QED) is 0.859. The van der Waals surface area contributed by atoms with Gasteiger partial charge in [-0.15, -0.1) is 0 Å². The van der Waals surface area contributed by atoms with E-state index in [4.69, 9.17) is 0 Å². The monoisotopic (exact) mass is 304 g/mol. The summed E-state index contributed by atoms with van der Waals surface area (Å²) in [5.74, 6) is -0.146. The number of carbonyl (C=O) groups is 1. The van der Waals surface area contributed by atoms with E-state index < -0.39 is 0 Å². The first kappa shape index (κ1) is 12.8. The van der Waals surface area contributed by atoms with Gasteiger partial charge in [0, 0.05) is 11.9 Å². The molecule has 0 aliphatic rings. The van der Waals surface area contributed by atoms with Crippen molar-refractivity contribution in [1.29, 1.82) is 0 Å². The number of halogens is 1. The highest BCUT2D eigenvalue weighted by Crippen LogP contribution is 2.20. The molecular weight excluding hydrogens is 292 g/mol. The lowest BCUT2D eigenvalue weighted by Gasteiger charge is -2.11. The van der Waals surface area contributed by atoms with E-state index in [0.29, 0.717) is 10.2 Å². The first-order valence-corrected chi connectivity index (χ1v) is 6.36. The van der Waals surface area contributed by atoms with Crippen LogP contribution in [0.1, 0.15) is 21.5 Å². The summed E-state index contributed by atoms with van der Waals surface area (Å²) >= 11 is 3.24. The Labute approximate surface area is 114 Å². The Morgan fingerprint density at radius 3 is 2.39 bits per heavy atom. The third kappa shape index (κ3) is 2.76. The molecule has 1 heterocycles. The number of hydrogen-bond donors (Lipinski definition) is 1. The molecule has 0 aliphatic heterocycles. The van der Waals surface area contributed by atoms with Crippen LogP contribution in [0.4, 0.5) is 5.69 Å². The lowest BCUT2D eigenvalue weighted by atomic mass is 10.1. The molecule has 1 aromatic heterocycles. The number of nitrogens with one attached hydrogen (secondary N) is 1. The number of nitrogens with zero attached hydrogens (tertiary/aromatic N) is 1. The van der Waals surface area contributed by atoms with Crippen LogP contribution in [0.2, 0.25) is 0 Å². The van der Waals surface area contributed by atoms with Gasteiger partial charge in [0.1, 0.15) is 4.60 Å². The summed E-state index contributed by atoms with van der Waals surface area (Å²) in [6.07, 6.45) is 1.55. The topological polar surface area (TPSA) is 42.0 Å². The van der Waals surface area contributed by atoms with Gasteiger partial charge in [-0.25, -0.2) is 4.98 Å². The Bertz CT molecular complexity index is 559. The molecular formula is C14H13BrN2O. The predicted octanol–water partition coefficient (Wildman–Crippen LogP) is 3.71. The van der Waals surface area contributed by atoms with Crippen molar-refractivity contribution >= 4 is 27.5 Å². The van der Waals surface area contributed by atoms with Gasteiger partial charge in [-0.3, -0.25) is 4.79 Å². The molecule has 1 amide bonds. The molecule has 4 heteroatoms. The molecule has 0 aliphatic carbocycles. The van der Waals surface area contributed by atoms with Gasteiger partial charge in [0.2, 0.25) is 0 Å². The molecule has 0 bridgehead atoms. The van der Waals surface area contributed by atoms with Gasteiger partial charge in [0.15, 0.2) is 0 Å². The number of aryl methyl sites for hydroxylation is 2. The van der Waals surface area contributed by atoms with Crippen LogP contribution in [0.5, 0.6) is 0 Å². The zero-order chi connectivity index (χ0) is 13.1. The minimum atomic E-state index is -0.146. The van der Waals surface area contributed by atoms with Crippen LogP contribution in [0.25, 0.3) is 0 Å². The van der Waals surface area contributed by atoms with Crippen LogP contribution in [0.15, 0.2) is 41.1 Å². The van der Waals surface area contributed by atoms with Crippen LogP contribution in [0, 0.1) is 13.8 Å². The molecule has 1 N–H and O–H groups in total. The van der Waals surface area contributed by atoms with Gasteiger partial charge in [0.05, 0.1) is 5.56 Å². The number of pyridine rings is 1. The molecule has 92 valence electrons. The molecule has 2 rings (SSSR count). The molecule has 0 spiro atoms. The predicted molar refractivity (Wildman–Crippen MR) is 75.8 cm³/mol. The number of carbonyl (C=O) groups excluding carboxylic acids is 1. The summed E-state index contributed by atoms with van der Waals surface area (Å²) in [4.78, 5) is 16.1. The summed E-state index contributed by atoms with van der Waals surface area (Å²) in [6.45, 7) is 3.95. The molecule has 0 saturated heterocycles. The smallest absolute Gasteiger partial charge is 0.257 e. The van der Waals surface area contributed by atoms with Crippen LogP contribution < -0.4 is 5.32 Å². The minimum absolute atomic E-state index is 0.146. The molecule has 18 heavy (non-hydrogen) atoms. The van der Waals surface area contributed by atoms with Crippen molar-refractivity contribution in [2.75, 3.05) is 5.32 Å². The van der Waals surface area contributed by atoms with Gasteiger partial charge < -0.3 is 5.32 Å². The normalized spacial score (nSPS) is 10.2. The zero-order valence-electron chi connectivity index (χ0n) is 10.2. The van der Waals surface area contributed by atoms with E-state index in [-0.39, 0.29) is 5.91 Å². The van der Waals surface area contributed by atoms with Crippen molar-refractivity contribution in [2.45, 2.75) is 13.8 Å². The maximum absolute atomic E-state index is 12.1. The highest BCUT2D eigenvalue weighted by atomic mass is 79.9. The SMILES string of the molecule is Cc1cccc(C)c1NC(=O)c1ccc(Br)nc1. The molecule has 3 nitrogen and oxygen atoms in total. The standard InChI is InChI=1S/C14H13BrN2O/c1-9-4-3-5-10(2)13(9)17-14(18)11-6-7-12(15)16-8-11/h3-8H,1-2H3,(H,17,18). The number of hydrogen-bond acceptors (Lipinski definition) is 2. The molecule has 0 radical (unpaired) electrons. The Kier molecular flexibility index (Phi) is 3.77. The van der Waals surface area contributed by atoms with Crippen LogP contribution in [-0.2, 0) is 0 Å². The molecule has 2 aromatic rings. The van der Waals surface area contributed by atoms with Crippen molar-refractivity contribution in [3.63, 3.8) is 0 Å². The summed E-state index contributed by atoms with van der Waals surface area (Å²) in [7, 11) is 0. The van der Waals surface area contributed by atoms with Crippen LogP contribution in [-0.4, -0.2) is 10.9 Å². The Morgan fingerprint density at radius 1 is 1.17 bits per heavy atom. The van der Waals surface area contributed by atoms with Crippen molar-refractivity contribution < 1.29 is 4.79 Å². The average Bonchev–Trinajstić information content (AvgIpc) is 2.34. The third-order valence-corrected chi connectivity index (χ3v) is 3.18. The summed E-state index contributed by atoms with van der Waals surface area (Å²) in [5.41, 5.74) is 3.51. The van der Waals surface area contributed by atoms with Gasteiger partial charge in [-0.2, -0.15) is 0 Å². The zero-order valence-corrected chi connectivity index (χ0v) is 11.8. The summed E-state index contributed by atoms with van der Waals surface area (Å²) in [6, 6.07) is 9.41. The van der Waals surface area contributed by atoms with E-state index in [9.17, 15) is 4.79 Å². The lowest BCUT2D eigenvalue weighted by Crippen LogP contribution is -2.13. The third-order valence-electron chi connectivity index (χ3n) is 2.71. The van der Waals surface area contributed by atoms with Gasteiger partial charge in [0.25, 0.3) is 5.91 Å². The van der Waals surface area contributed by atoms with Crippen LogP contribution in [0.3, 0.4) is 0 Å². The maximum atomic E-state index is 12.1. The molecule has 0 atom stereocenters. The number of aromatic nitrogens is 1. The van der Waals surface area contributed by atoms with E-state index in [1.165, 1.54) is 0 Å². The first-order chi connectivity index (χ1) is 8.58. The van der Waals surface area contributed by atoms with Crippen LogP contribution >= 0.6 is 15.9 Å². The number of anilines is 1. The fraction of sp³-hybridized carbons (Fsp3) is 0.143. The first-order valence-electron chi connectivity index (χ1n) is 5.57. The average molecular weight is 305 g/mol. The minimum Gasteiger partial charge on any atom is -0.321 e. The van der Waals surface area contributed by atoms with E-state index in [0.717, 1.165) is 16.8 Å². The van der Waals surface area contributed by atoms with E-state index in [2.05, 4.69) is 26.2 Å². The Morgan fingerprint density at radius 2 is 1.83 bits per heavy atom. The Hall–Kier alpha value is -1.68. The fourth-order valence-corrected chi connectivity index (χ4v) is 1.94. The van der Waals surface area contributed by atoms with Crippen molar-refractivity contribution in [1.82, 2.24) is 4.98 Å². The second kappa shape index (κ2) is 5.31. The number of amides is 1. The number of para-hydroxylation sites is 1. The van der Waals surface area contributed by atoms with E-state index >= 15 is 0 Å². The van der Waals surface area contributed by atoms with Crippen molar-refractivity contribution in [3.05, 3.63) is 57.8 Å². The van der Waals surface area contributed by atoms with Gasteiger partial charge >= 0.3 is 0 Å². The maximum Gasteiger partial charge on any atom is 0.257 e. The highest BCUT2D eigenvalue weighted by Gasteiger charge is 2.09. The summed E-state index contributed by atoms with van der Waals surface area (Å²) < 4.78 is 0.714. The van der Waals surface area contributed by atoms with E-state index in [1.54, 1.807) is 18.3 Å². The number of benzene rings is 1. The lowest BCUT2D eigenvalue weighted by molar-refractivity contribution is 0.102. The largest absolute Gasteiger partial charge is 0.321 e. The van der Waals surface area contributed by atoms with Gasteiger partial charge in [-0.05, 0) is 53.0 Å². The highest BCUT2D eigenvalue weighted by molar-refractivity contribution is 9.10. The second-order valence-corrected chi connectivity index (χ2v) is 4.90. The number of rotatable bonds is 2. The second-order valence-electron chi connectivity index (χ2n) is 4.09. The van der Waals surface area contributed by atoms with E-state index in [1.807, 2.05) is 32.0 Å². The van der Waals surface area contributed by atoms with Gasteiger partial charge in [-0.1, -0.05) is 18.2 Å². The fourth-order valence-electron chi connectivity index (χ4n) is 1.71. The van der Waals surface area contributed by atoms with Crippen molar-refractivity contribution in [2.24, 2.45) is 0 Å². The Balaban J connectivity index is 2.24.